The number of likely N-dealkylation sites (tertiary alicyclic amines) is 1. The third kappa shape index (κ3) is 4.97. The molecular weight excluding hydrogens is 326 g/mol. The van der Waals surface area contributed by atoms with Crippen LogP contribution in [-0.2, 0) is 13.1 Å². The molecule has 3 rings (SSSR count). The second kappa shape index (κ2) is 8.17. The van der Waals surface area contributed by atoms with Crippen LogP contribution in [0.15, 0.2) is 36.8 Å². The lowest BCUT2D eigenvalue weighted by atomic mass is 10.1. The zero-order valence-corrected chi connectivity index (χ0v) is 14.2. The molecule has 7 heteroatoms. The lowest BCUT2D eigenvalue weighted by Crippen LogP contribution is -2.38. The molecule has 2 amide bonds. The van der Waals surface area contributed by atoms with E-state index in [1.165, 1.54) is 0 Å². The highest BCUT2D eigenvalue weighted by molar-refractivity contribution is 6.30. The number of carbonyl (C=O) groups excluding carboxylic acids is 1. The number of urea groups is 1. The van der Waals surface area contributed by atoms with Gasteiger partial charge in [-0.15, -0.1) is 0 Å². The molecule has 0 unspecified atom stereocenters. The first-order valence-corrected chi connectivity index (χ1v) is 8.52. The van der Waals surface area contributed by atoms with Gasteiger partial charge in [-0.25, -0.2) is 9.78 Å². The number of nitrogens with one attached hydrogen (secondary N) is 3. The molecule has 2 aromatic rings. The molecule has 0 bridgehead atoms. The van der Waals surface area contributed by atoms with Gasteiger partial charge in [0.1, 0.15) is 0 Å². The summed E-state index contributed by atoms with van der Waals surface area (Å²) in [5.74, 6) is 0.495. The maximum absolute atomic E-state index is 11.9. The highest BCUT2D eigenvalue weighted by Gasteiger charge is 2.23. The van der Waals surface area contributed by atoms with Gasteiger partial charge in [-0.1, -0.05) is 23.7 Å². The molecule has 1 fully saturated rings. The first-order chi connectivity index (χ1) is 11.7. The number of H-pyrrole nitrogens is 1. The highest BCUT2D eigenvalue weighted by Crippen LogP contribution is 2.17. The Morgan fingerprint density at radius 3 is 2.92 bits per heavy atom. The fourth-order valence-corrected chi connectivity index (χ4v) is 3.05. The van der Waals surface area contributed by atoms with Crippen molar-refractivity contribution < 1.29 is 4.79 Å². The number of nitrogens with zero attached hydrogens (tertiary/aromatic N) is 2. The van der Waals surface area contributed by atoms with Gasteiger partial charge in [-0.05, 0) is 36.6 Å². The quantitative estimate of drug-likeness (QED) is 0.751. The van der Waals surface area contributed by atoms with Crippen LogP contribution in [0.2, 0.25) is 5.02 Å². The summed E-state index contributed by atoms with van der Waals surface area (Å²) in [5.41, 5.74) is 2.16. The number of hydrogen-bond donors (Lipinski definition) is 3. The zero-order chi connectivity index (χ0) is 16.8. The number of amides is 2. The van der Waals surface area contributed by atoms with Crippen LogP contribution in [0.5, 0.6) is 0 Å². The average Bonchev–Trinajstić information content (AvgIpc) is 3.25. The monoisotopic (exact) mass is 347 g/mol. The van der Waals surface area contributed by atoms with E-state index in [1.54, 1.807) is 6.33 Å². The molecule has 0 aliphatic carbocycles. The Balaban J connectivity index is 1.33. The molecule has 6 nitrogen and oxygen atoms in total. The molecule has 24 heavy (non-hydrogen) atoms. The fraction of sp³-hybridized carbons (Fsp3) is 0.412. The molecule has 0 saturated carbocycles. The lowest BCUT2D eigenvalue weighted by molar-refractivity contribution is 0.238. The van der Waals surface area contributed by atoms with Gasteiger partial charge >= 0.3 is 6.03 Å². The van der Waals surface area contributed by atoms with Crippen molar-refractivity contribution in [3.63, 3.8) is 0 Å². The van der Waals surface area contributed by atoms with Crippen LogP contribution in [-0.4, -0.2) is 40.5 Å². The second-order valence-corrected chi connectivity index (χ2v) is 6.59. The van der Waals surface area contributed by atoms with Crippen molar-refractivity contribution in [2.24, 2.45) is 5.92 Å². The van der Waals surface area contributed by atoms with Gasteiger partial charge in [0.25, 0.3) is 0 Å². The number of hydrogen-bond acceptors (Lipinski definition) is 3. The van der Waals surface area contributed by atoms with Crippen molar-refractivity contribution in [1.29, 1.82) is 0 Å². The smallest absolute Gasteiger partial charge is 0.315 e. The molecule has 1 aliphatic heterocycles. The number of rotatable bonds is 6. The lowest BCUT2D eigenvalue weighted by Gasteiger charge is -2.15. The Morgan fingerprint density at radius 2 is 2.17 bits per heavy atom. The molecule has 1 aliphatic rings. The maximum atomic E-state index is 11.9. The molecule has 1 aromatic heterocycles. The van der Waals surface area contributed by atoms with E-state index >= 15 is 0 Å². The topological polar surface area (TPSA) is 73.1 Å². The minimum atomic E-state index is -0.128. The Morgan fingerprint density at radius 1 is 1.33 bits per heavy atom. The molecule has 0 radical (unpaired) electrons. The van der Waals surface area contributed by atoms with Crippen LogP contribution in [0.1, 0.15) is 17.7 Å². The van der Waals surface area contributed by atoms with E-state index in [2.05, 4.69) is 25.5 Å². The third-order valence-electron chi connectivity index (χ3n) is 4.24. The van der Waals surface area contributed by atoms with E-state index in [1.807, 2.05) is 30.5 Å². The van der Waals surface area contributed by atoms with Crippen molar-refractivity contribution >= 4 is 17.6 Å². The van der Waals surface area contributed by atoms with Gasteiger partial charge in [-0.2, -0.15) is 0 Å². The summed E-state index contributed by atoms with van der Waals surface area (Å²) in [5, 5.41) is 6.53. The summed E-state index contributed by atoms with van der Waals surface area (Å²) in [6, 6.07) is 7.34. The first kappa shape index (κ1) is 16.8. The van der Waals surface area contributed by atoms with Crippen molar-refractivity contribution in [2.75, 3.05) is 19.6 Å². The van der Waals surface area contributed by atoms with Gasteiger partial charge < -0.3 is 15.6 Å². The number of aromatic nitrogens is 2. The van der Waals surface area contributed by atoms with Crippen molar-refractivity contribution in [3.05, 3.63) is 53.1 Å². The normalized spacial score (nSPS) is 17.8. The first-order valence-electron chi connectivity index (χ1n) is 8.15. The average molecular weight is 348 g/mol. The summed E-state index contributed by atoms with van der Waals surface area (Å²) >= 11 is 5.84. The van der Waals surface area contributed by atoms with Gasteiger partial charge in [0.15, 0.2) is 0 Å². The van der Waals surface area contributed by atoms with Crippen molar-refractivity contribution in [1.82, 2.24) is 25.5 Å². The number of carbonyl (C=O) groups is 1. The van der Waals surface area contributed by atoms with E-state index in [-0.39, 0.29) is 6.03 Å². The summed E-state index contributed by atoms with van der Waals surface area (Å²) in [6.07, 6.45) is 4.66. The van der Waals surface area contributed by atoms with E-state index in [0.717, 1.165) is 37.3 Å². The van der Waals surface area contributed by atoms with E-state index < -0.39 is 0 Å². The molecule has 1 saturated heterocycles. The molecule has 1 aromatic carbocycles. The number of aromatic amines is 1. The number of halogens is 1. The second-order valence-electron chi connectivity index (χ2n) is 6.16. The molecular formula is C17H22ClN5O. The van der Waals surface area contributed by atoms with Crippen LogP contribution in [0.3, 0.4) is 0 Å². The van der Waals surface area contributed by atoms with E-state index in [4.69, 9.17) is 11.6 Å². The summed E-state index contributed by atoms with van der Waals surface area (Å²) in [6.45, 7) is 4.14. The number of imidazole rings is 1. The maximum Gasteiger partial charge on any atom is 0.315 e. The predicted molar refractivity (Wildman–Crippen MR) is 93.7 cm³/mol. The van der Waals surface area contributed by atoms with Gasteiger partial charge in [0.2, 0.25) is 0 Å². The summed E-state index contributed by atoms with van der Waals surface area (Å²) < 4.78 is 0. The molecule has 3 N–H and O–H groups in total. The van der Waals surface area contributed by atoms with Crippen LogP contribution in [0.4, 0.5) is 4.79 Å². The Hall–Kier alpha value is -2.05. The molecule has 1 atom stereocenters. The van der Waals surface area contributed by atoms with Crippen LogP contribution in [0.25, 0.3) is 0 Å². The Kier molecular flexibility index (Phi) is 5.72. The number of benzene rings is 1. The Bertz CT molecular complexity index is 644. The third-order valence-corrected chi connectivity index (χ3v) is 4.49. The minimum absolute atomic E-state index is 0.128. The van der Waals surface area contributed by atoms with Crippen LogP contribution >= 0.6 is 11.6 Å². The molecule has 2 heterocycles. The predicted octanol–water partition coefficient (Wildman–Crippen LogP) is 2.38. The zero-order valence-electron chi connectivity index (χ0n) is 13.5. The molecule has 0 spiro atoms. The summed E-state index contributed by atoms with van der Waals surface area (Å²) in [4.78, 5) is 21.4. The van der Waals surface area contributed by atoms with Gasteiger partial charge in [0, 0.05) is 43.1 Å². The fourth-order valence-electron chi connectivity index (χ4n) is 2.92. The van der Waals surface area contributed by atoms with Crippen molar-refractivity contribution in [3.8, 4) is 0 Å². The largest absolute Gasteiger partial charge is 0.347 e. The summed E-state index contributed by atoms with van der Waals surface area (Å²) in [7, 11) is 0. The van der Waals surface area contributed by atoms with Crippen molar-refractivity contribution in [2.45, 2.75) is 19.5 Å². The van der Waals surface area contributed by atoms with Crippen LogP contribution in [0, 0.1) is 5.92 Å². The Labute approximate surface area is 146 Å². The van der Waals surface area contributed by atoms with Gasteiger partial charge in [0.05, 0.1) is 6.33 Å². The minimum Gasteiger partial charge on any atom is -0.347 e. The molecule has 128 valence electrons. The van der Waals surface area contributed by atoms with Gasteiger partial charge in [-0.3, -0.25) is 4.90 Å². The standard InChI is InChI=1S/C17H22ClN5O/c18-15-3-1-13(2-4-15)7-20-17(24)21-8-14-5-6-23(10-14)11-16-9-19-12-22-16/h1-4,9,12,14H,5-8,10-11H2,(H,19,22)(H2,20,21,24)/t14-/m1/s1. The SMILES string of the molecule is O=C(NCc1ccc(Cl)cc1)NC[C@H]1CCN(Cc2cnc[nH]2)C1. The van der Waals surface area contributed by atoms with E-state index in [0.29, 0.717) is 24.0 Å². The van der Waals surface area contributed by atoms with Crippen LogP contribution < -0.4 is 10.6 Å². The van der Waals surface area contributed by atoms with E-state index in [9.17, 15) is 4.79 Å². The highest BCUT2D eigenvalue weighted by atomic mass is 35.5.